The minimum Gasteiger partial charge on any atom is -0.343 e. The molecule has 0 atom stereocenters. The third-order valence-corrected chi connectivity index (χ3v) is 5.03. The number of H-pyrrole nitrogens is 1. The Morgan fingerprint density at radius 2 is 2.15 bits per heavy atom. The van der Waals surface area contributed by atoms with E-state index < -0.39 is 0 Å². The number of carbonyl (C=O) groups is 2. The zero-order valence-corrected chi connectivity index (χ0v) is 15.7. The first-order valence-corrected chi connectivity index (χ1v) is 8.93. The smallest absolute Gasteiger partial charge is 0.274 e. The number of aryl methyl sites for hydroxylation is 1. The van der Waals surface area contributed by atoms with Gasteiger partial charge in [0.15, 0.2) is 5.69 Å². The molecule has 0 unspecified atom stereocenters. The van der Waals surface area contributed by atoms with Gasteiger partial charge in [0.05, 0.1) is 12.1 Å². The predicted octanol–water partition coefficient (Wildman–Crippen LogP) is 1.20. The lowest BCUT2D eigenvalue weighted by Gasteiger charge is -2.27. The van der Waals surface area contributed by atoms with E-state index in [1.165, 1.54) is 4.90 Å². The SMILES string of the molecule is Cc1cccn2c(CC(=O)N3CCc4[nH]nc(C(=O)N(C)C)c4C3)cnc12. The lowest BCUT2D eigenvalue weighted by Crippen LogP contribution is -2.37. The number of nitrogens with zero attached hydrogens (tertiary/aromatic N) is 5. The molecule has 3 aromatic heterocycles. The van der Waals surface area contributed by atoms with Crippen LogP contribution in [0.15, 0.2) is 24.5 Å². The highest BCUT2D eigenvalue weighted by Gasteiger charge is 2.28. The number of amides is 2. The van der Waals surface area contributed by atoms with E-state index in [-0.39, 0.29) is 18.2 Å². The van der Waals surface area contributed by atoms with Gasteiger partial charge >= 0.3 is 0 Å². The minimum atomic E-state index is -0.154. The third kappa shape index (κ3) is 2.97. The summed E-state index contributed by atoms with van der Waals surface area (Å²) < 4.78 is 1.96. The molecule has 1 aliphatic rings. The molecule has 0 saturated carbocycles. The summed E-state index contributed by atoms with van der Waals surface area (Å²) in [7, 11) is 3.39. The fourth-order valence-electron chi connectivity index (χ4n) is 3.50. The van der Waals surface area contributed by atoms with Gasteiger partial charge in [-0.3, -0.25) is 14.7 Å². The molecule has 0 bridgehead atoms. The number of aromatic amines is 1. The Balaban J connectivity index is 1.55. The highest BCUT2D eigenvalue weighted by molar-refractivity contribution is 5.94. The maximum atomic E-state index is 12.9. The molecule has 4 rings (SSSR count). The number of imidazole rings is 1. The summed E-state index contributed by atoms with van der Waals surface area (Å²) in [6.45, 7) is 3.01. The average Bonchev–Trinajstić information content (AvgIpc) is 3.25. The maximum absolute atomic E-state index is 12.9. The van der Waals surface area contributed by atoms with Crippen molar-refractivity contribution in [3.8, 4) is 0 Å². The summed E-state index contributed by atoms with van der Waals surface area (Å²) >= 11 is 0. The van der Waals surface area contributed by atoms with E-state index in [1.807, 2.05) is 29.7 Å². The Labute approximate surface area is 156 Å². The van der Waals surface area contributed by atoms with Crippen LogP contribution in [0.1, 0.15) is 33.0 Å². The molecule has 2 amide bonds. The lowest BCUT2D eigenvalue weighted by atomic mass is 10.0. The van der Waals surface area contributed by atoms with Gasteiger partial charge in [-0.25, -0.2) is 4.98 Å². The number of hydrogen-bond acceptors (Lipinski definition) is 4. The second-order valence-corrected chi connectivity index (χ2v) is 7.11. The number of fused-ring (bicyclic) bond motifs is 2. The molecule has 0 spiro atoms. The van der Waals surface area contributed by atoms with Gasteiger partial charge in [-0.2, -0.15) is 5.10 Å². The van der Waals surface area contributed by atoms with Gasteiger partial charge in [-0.15, -0.1) is 0 Å². The first-order chi connectivity index (χ1) is 13.0. The average molecular weight is 366 g/mol. The Hall–Kier alpha value is -3.16. The summed E-state index contributed by atoms with van der Waals surface area (Å²) in [6, 6.07) is 3.96. The van der Waals surface area contributed by atoms with Crippen molar-refractivity contribution in [2.24, 2.45) is 0 Å². The van der Waals surface area contributed by atoms with Crippen LogP contribution in [0.5, 0.6) is 0 Å². The molecule has 0 aliphatic carbocycles. The second-order valence-electron chi connectivity index (χ2n) is 7.11. The molecule has 4 heterocycles. The van der Waals surface area contributed by atoms with Crippen molar-refractivity contribution in [2.75, 3.05) is 20.6 Å². The first kappa shape index (κ1) is 17.3. The number of nitrogens with one attached hydrogen (secondary N) is 1. The normalized spacial score (nSPS) is 13.7. The fraction of sp³-hybridized carbons (Fsp3) is 0.368. The van der Waals surface area contributed by atoms with Crippen molar-refractivity contribution in [3.05, 3.63) is 52.7 Å². The van der Waals surface area contributed by atoms with Crippen LogP contribution in [0.25, 0.3) is 5.65 Å². The molecule has 140 valence electrons. The maximum Gasteiger partial charge on any atom is 0.274 e. The van der Waals surface area contributed by atoms with Gasteiger partial charge < -0.3 is 14.2 Å². The molecule has 3 aromatic rings. The third-order valence-electron chi connectivity index (χ3n) is 5.03. The van der Waals surface area contributed by atoms with Crippen molar-refractivity contribution in [1.82, 2.24) is 29.4 Å². The second kappa shape index (κ2) is 6.53. The largest absolute Gasteiger partial charge is 0.343 e. The molecule has 0 radical (unpaired) electrons. The number of carbonyl (C=O) groups excluding carboxylic acids is 2. The van der Waals surface area contributed by atoms with Gasteiger partial charge in [-0.05, 0) is 18.6 Å². The molecule has 0 aromatic carbocycles. The van der Waals surface area contributed by atoms with E-state index in [0.29, 0.717) is 25.2 Å². The molecular weight excluding hydrogens is 344 g/mol. The van der Waals surface area contributed by atoms with Crippen molar-refractivity contribution < 1.29 is 9.59 Å². The fourth-order valence-corrected chi connectivity index (χ4v) is 3.50. The summed E-state index contributed by atoms with van der Waals surface area (Å²) in [6.07, 6.45) is 4.63. The van der Waals surface area contributed by atoms with E-state index >= 15 is 0 Å². The van der Waals surface area contributed by atoms with E-state index in [2.05, 4.69) is 15.2 Å². The number of pyridine rings is 1. The Bertz CT molecular complexity index is 1030. The Morgan fingerprint density at radius 1 is 1.33 bits per heavy atom. The van der Waals surface area contributed by atoms with Gasteiger partial charge in [0.1, 0.15) is 5.65 Å². The Morgan fingerprint density at radius 3 is 2.93 bits per heavy atom. The van der Waals surface area contributed by atoms with Gasteiger partial charge in [0.25, 0.3) is 5.91 Å². The molecule has 8 nitrogen and oxygen atoms in total. The summed E-state index contributed by atoms with van der Waals surface area (Å²) in [4.78, 5) is 32.9. The number of hydrogen-bond donors (Lipinski definition) is 1. The van der Waals surface area contributed by atoms with Crippen LogP contribution in [0.4, 0.5) is 0 Å². The van der Waals surface area contributed by atoms with Gasteiger partial charge in [0.2, 0.25) is 5.91 Å². The molecule has 8 heteroatoms. The summed E-state index contributed by atoms with van der Waals surface area (Å²) in [5, 5.41) is 7.12. The van der Waals surface area contributed by atoms with E-state index in [0.717, 1.165) is 28.2 Å². The zero-order chi connectivity index (χ0) is 19.1. The van der Waals surface area contributed by atoms with E-state index in [9.17, 15) is 9.59 Å². The topological polar surface area (TPSA) is 86.6 Å². The van der Waals surface area contributed by atoms with Crippen molar-refractivity contribution in [3.63, 3.8) is 0 Å². The lowest BCUT2D eigenvalue weighted by molar-refractivity contribution is -0.131. The molecule has 0 fully saturated rings. The standard InChI is InChI=1S/C19H22N6O2/c1-12-5-4-7-25-13(10-20-18(12)25)9-16(26)24-8-6-15-14(11-24)17(22-21-15)19(27)23(2)3/h4-5,7,10H,6,8-9,11H2,1-3H3,(H,21,22). The molecular formula is C19H22N6O2. The van der Waals surface area contributed by atoms with Gasteiger partial charge in [0, 0.05) is 57.3 Å². The molecule has 27 heavy (non-hydrogen) atoms. The van der Waals surface area contributed by atoms with E-state index in [4.69, 9.17) is 0 Å². The van der Waals surface area contributed by atoms with Crippen LogP contribution in [-0.4, -0.2) is 61.8 Å². The highest BCUT2D eigenvalue weighted by Crippen LogP contribution is 2.22. The van der Waals surface area contributed by atoms with Crippen LogP contribution < -0.4 is 0 Å². The molecule has 1 aliphatic heterocycles. The van der Waals surface area contributed by atoms with Crippen molar-refractivity contribution in [1.29, 1.82) is 0 Å². The Kier molecular flexibility index (Phi) is 4.18. The number of rotatable bonds is 3. The van der Waals surface area contributed by atoms with Crippen molar-refractivity contribution >= 4 is 17.5 Å². The predicted molar refractivity (Wildman–Crippen MR) is 99.4 cm³/mol. The quantitative estimate of drug-likeness (QED) is 0.754. The summed E-state index contributed by atoms with van der Waals surface area (Å²) in [5.74, 6) is -0.132. The van der Waals surface area contributed by atoms with Crippen LogP contribution in [0.2, 0.25) is 0 Å². The van der Waals surface area contributed by atoms with Crippen LogP contribution in [0, 0.1) is 6.92 Å². The summed E-state index contributed by atoms with van der Waals surface area (Å²) in [5.41, 5.74) is 4.97. The van der Waals surface area contributed by atoms with Crippen LogP contribution in [-0.2, 0) is 24.2 Å². The van der Waals surface area contributed by atoms with Crippen molar-refractivity contribution in [2.45, 2.75) is 26.3 Å². The van der Waals surface area contributed by atoms with E-state index in [1.54, 1.807) is 25.2 Å². The van der Waals surface area contributed by atoms with Gasteiger partial charge in [-0.1, -0.05) is 6.07 Å². The number of aromatic nitrogens is 4. The van der Waals surface area contributed by atoms with Crippen LogP contribution in [0.3, 0.4) is 0 Å². The monoisotopic (exact) mass is 366 g/mol. The first-order valence-electron chi connectivity index (χ1n) is 8.93. The zero-order valence-electron chi connectivity index (χ0n) is 15.7. The molecule has 1 N–H and O–H groups in total. The minimum absolute atomic E-state index is 0.0217. The highest BCUT2D eigenvalue weighted by atomic mass is 16.2. The molecule has 0 saturated heterocycles. The van der Waals surface area contributed by atoms with Crippen LogP contribution >= 0.6 is 0 Å².